The van der Waals surface area contributed by atoms with Crippen LogP contribution in [0.3, 0.4) is 0 Å². The van der Waals surface area contributed by atoms with E-state index in [2.05, 4.69) is 16.7 Å². The van der Waals surface area contributed by atoms with Gasteiger partial charge in [-0.2, -0.15) is 0 Å². The molecule has 1 heterocycles. The molecule has 1 aliphatic heterocycles. The van der Waals surface area contributed by atoms with Crippen LogP contribution in [-0.2, 0) is 0 Å². The molecule has 0 unspecified atom stereocenters. The molecule has 1 aromatic carbocycles. The molecule has 0 fully saturated rings. The number of benzene rings is 1. The Morgan fingerprint density at radius 3 is 2.79 bits per heavy atom. The van der Waals surface area contributed by atoms with E-state index < -0.39 is 0 Å². The molecule has 0 aromatic heterocycles. The zero-order chi connectivity index (χ0) is 13.0. The minimum Gasteiger partial charge on any atom is -0.348 e. The molecule has 6 heteroatoms. The average molecular weight is 322 g/mol. The van der Waals surface area contributed by atoms with Gasteiger partial charge in [-0.05, 0) is 31.2 Å². The van der Waals surface area contributed by atoms with E-state index in [0.29, 0.717) is 22.2 Å². The number of hydrogen-bond acceptors (Lipinski definition) is 2. The number of rotatable bonds is 3. The first-order chi connectivity index (χ1) is 8.66. The van der Waals surface area contributed by atoms with E-state index in [9.17, 15) is 4.79 Å². The molecule has 0 spiro atoms. The molecule has 0 atom stereocenters. The number of amides is 1. The van der Waals surface area contributed by atoms with Crippen LogP contribution in [0.15, 0.2) is 29.8 Å². The summed E-state index contributed by atoms with van der Waals surface area (Å²) in [6.07, 6.45) is 3.07. The van der Waals surface area contributed by atoms with E-state index in [-0.39, 0.29) is 18.3 Å². The molecule has 3 nitrogen and oxygen atoms in total. The Morgan fingerprint density at radius 2 is 2.16 bits per heavy atom. The third-order valence-corrected chi connectivity index (χ3v) is 3.36. The highest BCUT2D eigenvalue weighted by atomic mass is 35.5. The Kier molecular flexibility index (Phi) is 6.66. The third-order valence-electron chi connectivity index (χ3n) is 2.81. The summed E-state index contributed by atoms with van der Waals surface area (Å²) in [5, 5.41) is 6.99. The second-order valence-corrected chi connectivity index (χ2v) is 4.97. The lowest BCUT2D eigenvalue weighted by molar-refractivity contribution is 0.0957. The van der Waals surface area contributed by atoms with Gasteiger partial charge < -0.3 is 10.6 Å². The normalized spacial score (nSPS) is 14.3. The van der Waals surface area contributed by atoms with Crippen molar-refractivity contribution in [3.8, 4) is 0 Å². The van der Waals surface area contributed by atoms with Crippen molar-refractivity contribution >= 4 is 41.5 Å². The Hall–Kier alpha value is -0.740. The highest BCUT2D eigenvalue weighted by Gasteiger charge is 2.11. The maximum atomic E-state index is 11.9. The van der Waals surface area contributed by atoms with Gasteiger partial charge in [0.15, 0.2) is 0 Å². The molecule has 19 heavy (non-hydrogen) atoms. The lowest BCUT2D eigenvalue weighted by Gasteiger charge is -2.14. The zero-order valence-corrected chi connectivity index (χ0v) is 12.5. The van der Waals surface area contributed by atoms with Gasteiger partial charge in [0, 0.05) is 18.1 Å². The fraction of sp³-hybridized carbons (Fsp3) is 0.308. The third kappa shape index (κ3) is 4.69. The fourth-order valence-electron chi connectivity index (χ4n) is 1.79. The van der Waals surface area contributed by atoms with E-state index in [1.165, 1.54) is 5.57 Å². The van der Waals surface area contributed by atoms with Crippen molar-refractivity contribution in [3.05, 3.63) is 45.5 Å². The van der Waals surface area contributed by atoms with Crippen LogP contribution in [0.25, 0.3) is 0 Å². The summed E-state index contributed by atoms with van der Waals surface area (Å²) >= 11 is 11.8. The van der Waals surface area contributed by atoms with Gasteiger partial charge in [-0.3, -0.25) is 4.79 Å². The first kappa shape index (κ1) is 16.3. The van der Waals surface area contributed by atoms with E-state index in [1.807, 2.05) is 0 Å². The predicted molar refractivity (Wildman–Crippen MR) is 81.6 cm³/mol. The second kappa shape index (κ2) is 7.75. The summed E-state index contributed by atoms with van der Waals surface area (Å²) in [6, 6.07) is 4.87. The lowest BCUT2D eigenvalue weighted by atomic mass is 10.1. The van der Waals surface area contributed by atoms with Crippen molar-refractivity contribution in [2.75, 3.05) is 19.6 Å². The van der Waals surface area contributed by atoms with Gasteiger partial charge in [0.1, 0.15) is 0 Å². The van der Waals surface area contributed by atoms with Gasteiger partial charge in [0.05, 0.1) is 10.6 Å². The van der Waals surface area contributed by atoms with Crippen molar-refractivity contribution in [2.24, 2.45) is 0 Å². The standard InChI is InChI=1S/C13H14Cl2N2O.ClH/c14-10-1-2-11(12(15)7-10)13(18)17-8-9-3-5-16-6-4-9;/h1-3,7,16H,4-6,8H2,(H,17,18);1H. The van der Waals surface area contributed by atoms with Gasteiger partial charge in [-0.15, -0.1) is 12.4 Å². The molecule has 0 bridgehead atoms. The topological polar surface area (TPSA) is 41.1 Å². The number of carbonyl (C=O) groups excluding carboxylic acids is 1. The average Bonchev–Trinajstić information content (AvgIpc) is 2.37. The molecule has 0 radical (unpaired) electrons. The minimum absolute atomic E-state index is 0. The number of nitrogens with one attached hydrogen (secondary N) is 2. The van der Waals surface area contributed by atoms with Crippen molar-refractivity contribution in [1.29, 1.82) is 0 Å². The maximum absolute atomic E-state index is 11.9. The SMILES string of the molecule is Cl.O=C(NCC1=CCNCC1)c1ccc(Cl)cc1Cl. The molecular formula is C13H15Cl3N2O. The van der Waals surface area contributed by atoms with Crippen LogP contribution in [-0.4, -0.2) is 25.5 Å². The number of carbonyl (C=O) groups is 1. The van der Waals surface area contributed by atoms with Crippen molar-refractivity contribution < 1.29 is 4.79 Å². The number of hydrogen-bond donors (Lipinski definition) is 2. The quantitative estimate of drug-likeness (QED) is 0.840. The van der Waals surface area contributed by atoms with E-state index in [0.717, 1.165) is 19.5 Å². The monoisotopic (exact) mass is 320 g/mol. The Morgan fingerprint density at radius 1 is 1.37 bits per heavy atom. The van der Waals surface area contributed by atoms with E-state index >= 15 is 0 Å². The summed E-state index contributed by atoms with van der Waals surface area (Å²) in [4.78, 5) is 11.9. The highest BCUT2D eigenvalue weighted by Crippen LogP contribution is 2.20. The first-order valence-electron chi connectivity index (χ1n) is 5.78. The highest BCUT2D eigenvalue weighted by molar-refractivity contribution is 6.36. The smallest absolute Gasteiger partial charge is 0.253 e. The molecule has 1 aliphatic rings. The van der Waals surface area contributed by atoms with Crippen LogP contribution in [0.4, 0.5) is 0 Å². The first-order valence-corrected chi connectivity index (χ1v) is 6.54. The van der Waals surface area contributed by atoms with Gasteiger partial charge in [0.2, 0.25) is 0 Å². The minimum atomic E-state index is -0.170. The Labute approximate surface area is 128 Å². The van der Waals surface area contributed by atoms with Crippen LogP contribution in [0.1, 0.15) is 16.8 Å². The van der Waals surface area contributed by atoms with Crippen molar-refractivity contribution in [2.45, 2.75) is 6.42 Å². The maximum Gasteiger partial charge on any atom is 0.253 e. The molecule has 1 aromatic rings. The molecule has 2 N–H and O–H groups in total. The molecular weight excluding hydrogens is 307 g/mol. The summed E-state index contributed by atoms with van der Waals surface area (Å²) in [5.74, 6) is -0.170. The largest absolute Gasteiger partial charge is 0.348 e. The summed E-state index contributed by atoms with van der Waals surface area (Å²) in [6.45, 7) is 2.40. The van der Waals surface area contributed by atoms with E-state index in [1.54, 1.807) is 18.2 Å². The van der Waals surface area contributed by atoms with Crippen LogP contribution in [0, 0.1) is 0 Å². The molecule has 0 saturated carbocycles. The summed E-state index contributed by atoms with van der Waals surface area (Å²) in [5.41, 5.74) is 1.70. The van der Waals surface area contributed by atoms with Crippen molar-refractivity contribution in [3.63, 3.8) is 0 Å². The Bertz CT molecular complexity index is 489. The van der Waals surface area contributed by atoms with Crippen LogP contribution in [0.2, 0.25) is 10.0 Å². The number of halogens is 3. The van der Waals surface area contributed by atoms with Gasteiger partial charge in [-0.25, -0.2) is 0 Å². The van der Waals surface area contributed by atoms with Gasteiger partial charge >= 0.3 is 0 Å². The molecule has 0 saturated heterocycles. The summed E-state index contributed by atoms with van der Waals surface area (Å²) in [7, 11) is 0. The Balaban J connectivity index is 0.00000180. The zero-order valence-electron chi connectivity index (χ0n) is 10.2. The van der Waals surface area contributed by atoms with Crippen LogP contribution >= 0.6 is 35.6 Å². The molecule has 104 valence electrons. The molecule has 1 amide bonds. The lowest BCUT2D eigenvalue weighted by Crippen LogP contribution is -2.29. The molecule has 2 rings (SSSR count). The van der Waals surface area contributed by atoms with E-state index in [4.69, 9.17) is 23.2 Å². The van der Waals surface area contributed by atoms with Crippen LogP contribution in [0.5, 0.6) is 0 Å². The van der Waals surface area contributed by atoms with Gasteiger partial charge in [-0.1, -0.05) is 34.9 Å². The second-order valence-electron chi connectivity index (χ2n) is 4.12. The van der Waals surface area contributed by atoms with Crippen molar-refractivity contribution in [1.82, 2.24) is 10.6 Å². The fourth-order valence-corrected chi connectivity index (χ4v) is 2.29. The summed E-state index contributed by atoms with van der Waals surface area (Å²) < 4.78 is 0. The van der Waals surface area contributed by atoms with Gasteiger partial charge in [0.25, 0.3) is 5.91 Å². The van der Waals surface area contributed by atoms with Crippen LogP contribution < -0.4 is 10.6 Å². The molecule has 0 aliphatic carbocycles. The predicted octanol–water partition coefficient (Wildman–Crippen LogP) is 3.06.